The van der Waals surface area contributed by atoms with Crippen molar-refractivity contribution in [3.8, 4) is 0 Å². The van der Waals surface area contributed by atoms with Crippen molar-refractivity contribution in [2.75, 3.05) is 13.1 Å². The number of hydrogen-bond acceptors (Lipinski definition) is 5. The molecule has 0 bridgehead atoms. The molecule has 1 heterocycles. The standard InChI is InChI=1S/C13H19N3O4S/c1-9-5-11(14)8-15(7-9)21(19,20)13-4-3-12(16(17)18)6-10(13)2/h3-4,6,9,11H,5,7-8,14H2,1-2H3. The van der Waals surface area contributed by atoms with Crippen molar-refractivity contribution in [2.45, 2.75) is 31.2 Å². The van der Waals surface area contributed by atoms with Crippen molar-refractivity contribution in [1.29, 1.82) is 0 Å². The quantitative estimate of drug-likeness (QED) is 0.668. The van der Waals surface area contributed by atoms with Crippen LogP contribution in [0.15, 0.2) is 23.1 Å². The number of nitrogens with two attached hydrogens (primary N) is 1. The van der Waals surface area contributed by atoms with E-state index >= 15 is 0 Å². The Morgan fingerprint density at radius 3 is 2.57 bits per heavy atom. The van der Waals surface area contributed by atoms with E-state index in [1.807, 2.05) is 6.92 Å². The lowest BCUT2D eigenvalue weighted by atomic mass is 9.99. The first-order valence-corrected chi connectivity index (χ1v) is 8.16. The summed E-state index contributed by atoms with van der Waals surface area (Å²) in [7, 11) is -3.67. The number of nitro groups is 1. The molecule has 0 spiro atoms. The molecule has 116 valence electrons. The van der Waals surface area contributed by atoms with Gasteiger partial charge in [-0.2, -0.15) is 4.31 Å². The summed E-state index contributed by atoms with van der Waals surface area (Å²) in [6.07, 6.45) is 0.797. The van der Waals surface area contributed by atoms with Crippen molar-refractivity contribution in [3.63, 3.8) is 0 Å². The summed E-state index contributed by atoms with van der Waals surface area (Å²) < 4.78 is 26.7. The van der Waals surface area contributed by atoms with Crippen LogP contribution in [-0.2, 0) is 10.0 Å². The van der Waals surface area contributed by atoms with E-state index in [1.165, 1.54) is 22.5 Å². The second-order valence-electron chi connectivity index (χ2n) is 5.63. The highest BCUT2D eigenvalue weighted by molar-refractivity contribution is 7.89. The first-order valence-electron chi connectivity index (χ1n) is 6.72. The lowest BCUT2D eigenvalue weighted by molar-refractivity contribution is -0.385. The molecule has 1 saturated heterocycles. The number of rotatable bonds is 3. The molecule has 0 saturated carbocycles. The molecule has 1 aliphatic heterocycles. The molecule has 21 heavy (non-hydrogen) atoms. The van der Waals surface area contributed by atoms with Crippen LogP contribution < -0.4 is 5.73 Å². The molecular formula is C13H19N3O4S. The average molecular weight is 313 g/mol. The molecule has 8 heteroatoms. The van der Waals surface area contributed by atoms with Gasteiger partial charge >= 0.3 is 0 Å². The van der Waals surface area contributed by atoms with Gasteiger partial charge in [0.05, 0.1) is 9.82 Å². The molecule has 1 aromatic rings. The second-order valence-corrected chi connectivity index (χ2v) is 7.54. The predicted molar refractivity (Wildman–Crippen MR) is 78.3 cm³/mol. The third-order valence-corrected chi connectivity index (χ3v) is 5.64. The molecule has 2 rings (SSSR count). The van der Waals surface area contributed by atoms with Crippen molar-refractivity contribution in [1.82, 2.24) is 4.31 Å². The number of nitro benzene ring substituents is 1. The van der Waals surface area contributed by atoms with Crippen LogP contribution in [-0.4, -0.2) is 36.8 Å². The Kier molecular flexibility index (Phi) is 4.31. The van der Waals surface area contributed by atoms with Gasteiger partial charge in [-0.25, -0.2) is 8.42 Å². The van der Waals surface area contributed by atoms with E-state index in [9.17, 15) is 18.5 Å². The largest absolute Gasteiger partial charge is 0.326 e. The number of hydrogen-bond donors (Lipinski definition) is 1. The number of non-ortho nitro benzene ring substituents is 1. The summed E-state index contributed by atoms with van der Waals surface area (Å²) in [5.74, 6) is 0.196. The maximum absolute atomic E-state index is 12.7. The zero-order valence-electron chi connectivity index (χ0n) is 12.0. The molecule has 2 unspecified atom stereocenters. The molecule has 1 aliphatic rings. The summed E-state index contributed by atoms with van der Waals surface area (Å²) in [5.41, 5.74) is 6.15. The highest BCUT2D eigenvalue weighted by Gasteiger charge is 2.33. The van der Waals surface area contributed by atoms with Crippen molar-refractivity contribution in [3.05, 3.63) is 33.9 Å². The molecule has 2 N–H and O–H groups in total. The number of aryl methyl sites for hydroxylation is 1. The zero-order valence-corrected chi connectivity index (χ0v) is 12.8. The Morgan fingerprint density at radius 1 is 1.38 bits per heavy atom. The number of piperidine rings is 1. The van der Waals surface area contributed by atoms with Crippen molar-refractivity contribution >= 4 is 15.7 Å². The minimum absolute atomic E-state index is 0.106. The van der Waals surface area contributed by atoms with Crippen LogP contribution in [0.25, 0.3) is 0 Å². The average Bonchev–Trinajstić information content (AvgIpc) is 2.36. The fourth-order valence-electron chi connectivity index (χ4n) is 2.72. The molecule has 0 aromatic heterocycles. The molecule has 1 aromatic carbocycles. The summed E-state index contributed by atoms with van der Waals surface area (Å²) in [4.78, 5) is 10.3. The van der Waals surface area contributed by atoms with Crippen LogP contribution in [0.1, 0.15) is 18.9 Å². The highest BCUT2D eigenvalue weighted by atomic mass is 32.2. The summed E-state index contributed by atoms with van der Waals surface area (Å²) in [6.45, 7) is 4.23. The van der Waals surface area contributed by atoms with Gasteiger partial charge in [0.1, 0.15) is 0 Å². The van der Waals surface area contributed by atoms with E-state index in [1.54, 1.807) is 6.92 Å². The molecule has 2 atom stereocenters. The van der Waals surface area contributed by atoms with Crippen LogP contribution in [0.4, 0.5) is 5.69 Å². The third-order valence-electron chi connectivity index (χ3n) is 3.65. The van der Waals surface area contributed by atoms with E-state index in [2.05, 4.69) is 0 Å². The number of sulfonamides is 1. The van der Waals surface area contributed by atoms with Gasteiger partial charge in [0, 0.05) is 31.3 Å². The minimum atomic E-state index is -3.67. The summed E-state index contributed by atoms with van der Waals surface area (Å²) in [5, 5.41) is 10.7. The van der Waals surface area contributed by atoms with Gasteiger partial charge in [-0.1, -0.05) is 6.92 Å². The van der Waals surface area contributed by atoms with Gasteiger partial charge in [0.15, 0.2) is 0 Å². The smallest absolute Gasteiger partial charge is 0.269 e. The predicted octanol–water partition coefficient (Wildman–Crippen LogP) is 1.26. The summed E-state index contributed by atoms with van der Waals surface area (Å²) in [6, 6.07) is 3.61. The van der Waals surface area contributed by atoms with Gasteiger partial charge in [-0.3, -0.25) is 10.1 Å². The Balaban J connectivity index is 2.37. The van der Waals surface area contributed by atoms with Crippen LogP contribution in [0.3, 0.4) is 0 Å². The number of benzene rings is 1. The molecular weight excluding hydrogens is 294 g/mol. The fraction of sp³-hybridized carbons (Fsp3) is 0.538. The maximum Gasteiger partial charge on any atom is 0.269 e. The van der Waals surface area contributed by atoms with Crippen LogP contribution in [0.2, 0.25) is 0 Å². The Hall–Kier alpha value is -1.51. The highest BCUT2D eigenvalue weighted by Crippen LogP contribution is 2.27. The Bertz CT molecular complexity index is 649. The summed E-state index contributed by atoms with van der Waals surface area (Å²) >= 11 is 0. The molecule has 1 fully saturated rings. The Labute approximate surface area is 123 Å². The molecule has 7 nitrogen and oxygen atoms in total. The van der Waals surface area contributed by atoms with Gasteiger partial charge in [0.25, 0.3) is 5.69 Å². The van der Waals surface area contributed by atoms with E-state index in [0.717, 1.165) is 6.42 Å². The van der Waals surface area contributed by atoms with E-state index in [4.69, 9.17) is 5.73 Å². The van der Waals surface area contributed by atoms with E-state index in [-0.39, 0.29) is 29.1 Å². The van der Waals surface area contributed by atoms with E-state index in [0.29, 0.717) is 12.1 Å². The normalized spacial score (nSPS) is 24.0. The second kappa shape index (κ2) is 5.70. The SMILES string of the molecule is Cc1cc([N+](=O)[O-])ccc1S(=O)(=O)N1CC(C)CC(N)C1. The number of nitrogens with zero attached hydrogens (tertiary/aromatic N) is 2. The van der Waals surface area contributed by atoms with Gasteiger partial charge < -0.3 is 5.73 Å². The fourth-order valence-corrected chi connectivity index (χ4v) is 4.54. The monoisotopic (exact) mass is 313 g/mol. The van der Waals surface area contributed by atoms with Crippen LogP contribution >= 0.6 is 0 Å². The maximum atomic E-state index is 12.7. The van der Waals surface area contributed by atoms with Gasteiger partial charge in [-0.05, 0) is 30.9 Å². The van der Waals surface area contributed by atoms with Crippen molar-refractivity contribution in [2.24, 2.45) is 11.7 Å². The lowest BCUT2D eigenvalue weighted by Crippen LogP contribution is -2.48. The van der Waals surface area contributed by atoms with Gasteiger partial charge in [0.2, 0.25) is 10.0 Å². The first kappa shape index (κ1) is 15.9. The zero-order chi connectivity index (χ0) is 15.8. The van der Waals surface area contributed by atoms with Crippen molar-refractivity contribution < 1.29 is 13.3 Å². The molecule has 0 radical (unpaired) electrons. The van der Waals surface area contributed by atoms with E-state index < -0.39 is 14.9 Å². The van der Waals surface area contributed by atoms with Crippen LogP contribution in [0.5, 0.6) is 0 Å². The topological polar surface area (TPSA) is 107 Å². The first-order chi connectivity index (χ1) is 9.71. The molecule has 0 aliphatic carbocycles. The van der Waals surface area contributed by atoms with Gasteiger partial charge in [-0.15, -0.1) is 0 Å². The molecule has 0 amide bonds. The van der Waals surface area contributed by atoms with Crippen LogP contribution in [0, 0.1) is 23.0 Å². The lowest BCUT2D eigenvalue weighted by Gasteiger charge is -2.34. The minimum Gasteiger partial charge on any atom is -0.326 e. The third kappa shape index (κ3) is 3.22. The Morgan fingerprint density at radius 2 is 2.05 bits per heavy atom.